The van der Waals surface area contributed by atoms with Crippen molar-refractivity contribution in [2.45, 2.75) is 49.0 Å². The Morgan fingerprint density at radius 1 is 0.889 bits per heavy atom. The molecular formula is C17H22S. The van der Waals surface area contributed by atoms with Crippen LogP contribution in [0.4, 0.5) is 0 Å². The molecule has 0 heterocycles. The fraction of sp³-hybridized carbons (Fsp3) is 0.647. The zero-order valence-electron chi connectivity index (χ0n) is 11.0. The minimum absolute atomic E-state index is 0.671. The topological polar surface area (TPSA) is 0 Å². The van der Waals surface area contributed by atoms with Gasteiger partial charge in [-0.3, -0.25) is 0 Å². The van der Waals surface area contributed by atoms with E-state index in [0.29, 0.717) is 4.75 Å². The molecule has 0 aromatic heterocycles. The SMILES string of the molecule is c1ccc(CSC23CC4CC(CC(C4)C2)C3)cc1. The molecule has 4 bridgehead atoms. The maximum Gasteiger partial charge on any atom is 0.0190 e. The molecule has 0 N–H and O–H groups in total. The lowest BCUT2D eigenvalue weighted by Gasteiger charge is -2.56. The van der Waals surface area contributed by atoms with E-state index in [2.05, 4.69) is 42.1 Å². The van der Waals surface area contributed by atoms with E-state index >= 15 is 0 Å². The Morgan fingerprint density at radius 2 is 1.44 bits per heavy atom. The second-order valence-corrected chi connectivity index (χ2v) is 8.32. The Balaban J connectivity index is 1.48. The lowest BCUT2D eigenvalue weighted by atomic mass is 9.56. The van der Waals surface area contributed by atoms with E-state index < -0.39 is 0 Å². The Hall–Kier alpha value is -0.430. The molecule has 0 unspecified atom stereocenters. The fourth-order valence-corrected chi connectivity index (χ4v) is 6.74. The predicted molar refractivity (Wildman–Crippen MR) is 78.6 cm³/mol. The van der Waals surface area contributed by atoms with E-state index in [4.69, 9.17) is 0 Å². The summed E-state index contributed by atoms with van der Waals surface area (Å²) in [5.74, 6) is 4.48. The van der Waals surface area contributed by atoms with Gasteiger partial charge in [-0.25, -0.2) is 0 Å². The molecule has 5 rings (SSSR count). The first-order valence-electron chi connectivity index (χ1n) is 7.49. The first-order chi connectivity index (χ1) is 8.81. The highest BCUT2D eigenvalue weighted by Gasteiger charge is 2.50. The Morgan fingerprint density at radius 3 is 2.00 bits per heavy atom. The van der Waals surface area contributed by atoms with Crippen LogP contribution in [0, 0.1) is 17.8 Å². The molecule has 1 aromatic rings. The van der Waals surface area contributed by atoms with Crippen LogP contribution in [-0.4, -0.2) is 4.75 Å². The van der Waals surface area contributed by atoms with Crippen LogP contribution in [0.5, 0.6) is 0 Å². The third-order valence-electron chi connectivity index (χ3n) is 5.37. The van der Waals surface area contributed by atoms with Crippen LogP contribution in [0.1, 0.15) is 44.1 Å². The van der Waals surface area contributed by atoms with Gasteiger partial charge in [0.1, 0.15) is 0 Å². The van der Waals surface area contributed by atoms with Gasteiger partial charge in [0.25, 0.3) is 0 Å². The highest BCUT2D eigenvalue weighted by Crippen LogP contribution is 2.60. The molecule has 4 aliphatic rings. The quantitative estimate of drug-likeness (QED) is 0.744. The van der Waals surface area contributed by atoms with Crippen LogP contribution in [-0.2, 0) is 5.75 Å². The van der Waals surface area contributed by atoms with Crippen molar-refractivity contribution in [3.05, 3.63) is 35.9 Å². The maximum absolute atomic E-state index is 2.29. The Labute approximate surface area is 115 Å². The molecule has 0 nitrogen and oxygen atoms in total. The van der Waals surface area contributed by atoms with Crippen molar-refractivity contribution in [1.29, 1.82) is 0 Å². The van der Waals surface area contributed by atoms with Crippen molar-refractivity contribution in [2.75, 3.05) is 0 Å². The van der Waals surface area contributed by atoms with Crippen LogP contribution < -0.4 is 0 Å². The van der Waals surface area contributed by atoms with Crippen molar-refractivity contribution in [2.24, 2.45) is 17.8 Å². The highest BCUT2D eigenvalue weighted by atomic mass is 32.2. The number of benzene rings is 1. The third kappa shape index (κ3) is 2.01. The summed E-state index contributed by atoms with van der Waals surface area (Å²) < 4.78 is 0.671. The van der Waals surface area contributed by atoms with Gasteiger partial charge in [-0.2, -0.15) is 11.8 Å². The van der Waals surface area contributed by atoms with Crippen molar-refractivity contribution in [1.82, 2.24) is 0 Å². The normalized spacial score (nSPS) is 41.2. The molecule has 1 aromatic carbocycles. The van der Waals surface area contributed by atoms with Gasteiger partial charge >= 0.3 is 0 Å². The molecule has 0 aliphatic heterocycles. The van der Waals surface area contributed by atoms with Crippen LogP contribution in [0.2, 0.25) is 0 Å². The van der Waals surface area contributed by atoms with Gasteiger partial charge in [0.2, 0.25) is 0 Å². The maximum atomic E-state index is 2.29. The molecular weight excluding hydrogens is 236 g/mol. The predicted octanol–water partition coefficient (Wildman–Crippen LogP) is 4.89. The lowest BCUT2D eigenvalue weighted by Crippen LogP contribution is -2.48. The summed E-state index contributed by atoms with van der Waals surface area (Å²) in [5.41, 5.74) is 1.51. The molecule has 0 saturated heterocycles. The second-order valence-electron chi connectivity index (χ2n) is 6.87. The number of hydrogen-bond donors (Lipinski definition) is 0. The summed E-state index contributed by atoms with van der Waals surface area (Å²) >= 11 is 2.29. The second kappa shape index (κ2) is 4.30. The first kappa shape index (κ1) is 11.4. The van der Waals surface area contributed by atoms with Gasteiger partial charge < -0.3 is 0 Å². The molecule has 4 aliphatic carbocycles. The average molecular weight is 258 g/mol. The smallest absolute Gasteiger partial charge is 0.0190 e. The van der Waals surface area contributed by atoms with Crippen molar-refractivity contribution in [3.8, 4) is 0 Å². The van der Waals surface area contributed by atoms with E-state index in [1.807, 2.05) is 0 Å². The molecule has 0 spiro atoms. The molecule has 4 fully saturated rings. The molecule has 0 atom stereocenters. The summed E-state index contributed by atoms with van der Waals surface area (Å²) in [6, 6.07) is 11.0. The van der Waals surface area contributed by atoms with Crippen molar-refractivity contribution >= 4 is 11.8 Å². The highest BCUT2D eigenvalue weighted by molar-refractivity contribution is 7.99. The molecule has 18 heavy (non-hydrogen) atoms. The Kier molecular flexibility index (Phi) is 2.72. The van der Waals surface area contributed by atoms with E-state index in [-0.39, 0.29) is 0 Å². The molecule has 0 radical (unpaired) electrons. The number of rotatable bonds is 3. The Bertz CT molecular complexity index is 387. The minimum Gasteiger partial charge on any atom is -0.150 e. The standard InChI is InChI=1S/C17H22S/c1-2-4-13(5-3-1)12-18-17-9-14-6-15(10-17)8-16(7-14)11-17/h1-5,14-16H,6-12H2. The monoisotopic (exact) mass is 258 g/mol. The van der Waals surface area contributed by atoms with Crippen molar-refractivity contribution < 1.29 is 0 Å². The van der Waals surface area contributed by atoms with Gasteiger partial charge in [0, 0.05) is 10.5 Å². The summed E-state index contributed by atoms with van der Waals surface area (Å²) in [7, 11) is 0. The minimum atomic E-state index is 0.671. The van der Waals surface area contributed by atoms with Gasteiger partial charge in [-0.1, -0.05) is 30.3 Å². The van der Waals surface area contributed by atoms with Gasteiger partial charge in [0.05, 0.1) is 0 Å². The van der Waals surface area contributed by atoms with Crippen LogP contribution in [0.3, 0.4) is 0 Å². The number of thioether (sulfide) groups is 1. The average Bonchev–Trinajstić information content (AvgIpc) is 2.36. The fourth-order valence-electron chi connectivity index (χ4n) is 5.02. The third-order valence-corrected chi connectivity index (χ3v) is 6.96. The van der Waals surface area contributed by atoms with Gasteiger partial charge in [-0.15, -0.1) is 0 Å². The molecule has 0 amide bonds. The zero-order chi connectivity index (χ0) is 12.0. The summed E-state index contributed by atoms with van der Waals surface area (Å²) in [6.07, 6.45) is 9.25. The van der Waals surface area contributed by atoms with Crippen LogP contribution in [0.25, 0.3) is 0 Å². The molecule has 1 heteroatoms. The van der Waals surface area contributed by atoms with E-state index in [0.717, 1.165) is 17.8 Å². The van der Waals surface area contributed by atoms with E-state index in [1.54, 1.807) is 19.3 Å². The van der Waals surface area contributed by atoms with Gasteiger partial charge in [-0.05, 0) is 61.8 Å². The van der Waals surface area contributed by atoms with Crippen molar-refractivity contribution in [3.63, 3.8) is 0 Å². The number of hydrogen-bond acceptors (Lipinski definition) is 1. The lowest BCUT2D eigenvalue weighted by molar-refractivity contribution is 0.0383. The van der Waals surface area contributed by atoms with Crippen LogP contribution in [0.15, 0.2) is 30.3 Å². The summed E-state index contributed by atoms with van der Waals surface area (Å²) in [4.78, 5) is 0. The summed E-state index contributed by atoms with van der Waals surface area (Å²) in [6.45, 7) is 0. The van der Waals surface area contributed by atoms with E-state index in [1.165, 1.54) is 30.6 Å². The van der Waals surface area contributed by atoms with Gasteiger partial charge in [0.15, 0.2) is 0 Å². The largest absolute Gasteiger partial charge is 0.150 e. The zero-order valence-corrected chi connectivity index (χ0v) is 11.8. The molecule has 96 valence electrons. The summed E-state index contributed by atoms with van der Waals surface area (Å²) in [5, 5.41) is 0. The van der Waals surface area contributed by atoms with Crippen LogP contribution >= 0.6 is 11.8 Å². The first-order valence-corrected chi connectivity index (χ1v) is 8.48. The van der Waals surface area contributed by atoms with E-state index in [9.17, 15) is 0 Å². The molecule has 4 saturated carbocycles.